The molecule has 0 aliphatic carbocycles. The molecule has 5 nitrogen and oxygen atoms in total. The van der Waals surface area contributed by atoms with E-state index < -0.39 is 9.84 Å². The molecule has 2 aromatic rings. The molecular weight excluding hydrogens is 274 g/mol. The van der Waals surface area contributed by atoms with E-state index in [-0.39, 0.29) is 17.5 Å². The molecule has 0 amide bonds. The highest BCUT2D eigenvalue weighted by molar-refractivity contribution is 7.91. The van der Waals surface area contributed by atoms with Crippen molar-refractivity contribution < 1.29 is 8.42 Å². The summed E-state index contributed by atoms with van der Waals surface area (Å²) in [6, 6.07) is 7.97. The average Bonchev–Trinajstić information content (AvgIpc) is 2.76. The molecule has 2 rings (SSSR count). The summed E-state index contributed by atoms with van der Waals surface area (Å²) in [6.07, 6.45) is 0. The Hall–Kier alpha value is -1.40. The largest absolute Gasteiger partial charge is 0.330 e. The Bertz CT molecular complexity index is 692. The zero-order valence-electron chi connectivity index (χ0n) is 12.1. The lowest BCUT2D eigenvalue weighted by atomic mass is 10.3. The fourth-order valence-corrected chi connectivity index (χ4v) is 2.94. The van der Waals surface area contributed by atoms with Crippen molar-refractivity contribution in [1.29, 1.82) is 0 Å². The van der Waals surface area contributed by atoms with Gasteiger partial charge in [-0.3, -0.25) is 0 Å². The molecule has 0 radical (unpaired) electrons. The Morgan fingerprint density at radius 3 is 2.70 bits per heavy atom. The summed E-state index contributed by atoms with van der Waals surface area (Å²) in [5, 5.41) is 3.23. The molecule has 0 bridgehead atoms. The first-order valence-corrected chi connectivity index (χ1v) is 8.62. The maximum absolute atomic E-state index is 11.5. The van der Waals surface area contributed by atoms with E-state index in [4.69, 9.17) is 0 Å². The molecule has 1 N–H and O–H groups in total. The first-order valence-electron chi connectivity index (χ1n) is 6.80. The van der Waals surface area contributed by atoms with Crippen LogP contribution in [0.3, 0.4) is 0 Å². The van der Waals surface area contributed by atoms with Crippen LogP contribution < -0.4 is 5.32 Å². The third kappa shape index (κ3) is 3.19. The Kier molecular flexibility index (Phi) is 4.45. The maximum Gasteiger partial charge on any atom is 0.151 e. The summed E-state index contributed by atoms with van der Waals surface area (Å²) in [6.45, 7) is 4.12. The molecule has 0 aliphatic heterocycles. The minimum atomic E-state index is -2.92. The molecule has 1 aromatic carbocycles. The van der Waals surface area contributed by atoms with Crippen molar-refractivity contribution in [3.8, 4) is 0 Å². The molecule has 0 saturated carbocycles. The van der Waals surface area contributed by atoms with E-state index in [2.05, 4.69) is 10.3 Å². The number of para-hydroxylation sites is 2. The van der Waals surface area contributed by atoms with E-state index in [1.165, 1.54) is 0 Å². The van der Waals surface area contributed by atoms with Gasteiger partial charge in [-0.1, -0.05) is 19.1 Å². The molecular formula is C14H21N3O2S. The SMILES string of the molecule is CCS(=O)(=O)CCNC(C)c1nc2ccccc2n1C. The van der Waals surface area contributed by atoms with E-state index in [0.29, 0.717) is 6.54 Å². The Morgan fingerprint density at radius 2 is 2.05 bits per heavy atom. The van der Waals surface area contributed by atoms with Crippen LogP contribution in [0, 0.1) is 0 Å². The smallest absolute Gasteiger partial charge is 0.151 e. The number of hydrogen-bond donors (Lipinski definition) is 1. The highest BCUT2D eigenvalue weighted by Crippen LogP contribution is 2.18. The molecule has 1 atom stereocenters. The van der Waals surface area contributed by atoms with Gasteiger partial charge in [-0.05, 0) is 19.1 Å². The van der Waals surface area contributed by atoms with Gasteiger partial charge in [-0.15, -0.1) is 0 Å². The summed E-state index contributed by atoms with van der Waals surface area (Å²) in [4.78, 5) is 4.60. The van der Waals surface area contributed by atoms with Crippen molar-refractivity contribution >= 4 is 20.9 Å². The second-order valence-electron chi connectivity index (χ2n) is 4.93. The number of imidazole rings is 1. The normalized spacial score (nSPS) is 13.8. The second-order valence-corrected chi connectivity index (χ2v) is 7.40. The number of rotatable bonds is 6. The fourth-order valence-electron chi connectivity index (χ4n) is 2.22. The topological polar surface area (TPSA) is 64.0 Å². The zero-order valence-corrected chi connectivity index (χ0v) is 12.9. The molecule has 0 saturated heterocycles. The van der Waals surface area contributed by atoms with E-state index in [1.807, 2.05) is 42.8 Å². The Balaban J connectivity index is 2.08. The number of nitrogens with zero attached hydrogens (tertiary/aromatic N) is 2. The van der Waals surface area contributed by atoms with Crippen molar-refractivity contribution in [2.75, 3.05) is 18.1 Å². The van der Waals surface area contributed by atoms with Gasteiger partial charge in [0.1, 0.15) is 5.82 Å². The molecule has 1 unspecified atom stereocenters. The van der Waals surface area contributed by atoms with Gasteiger partial charge in [0.25, 0.3) is 0 Å². The summed E-state index contributed by atoms with van der Waals surface area (Å²) < 4.78 is 25.0. The molecule has 0 aliphatic rings. The average molecular weight is 295 g/mol. The van der Waals surface area contributed by atoms with Crippen molar-refractivity contribution in [1.82, 2.24) is 14.9 Å². The van der Waals surface area contributed by atoms with Crippen LogP contribution in [-0.4, -0.2) is 36.0 Å². The van der Waals surface area contributed by atoms with Crippen LogP contribution in [0.2, 0.25) is 0 Å². The molecule has 1 heterocycles. The lowest BCUT2D eigenvalue weighted by Gasteiger charge is -2.13. The van der Waals surface area contributed by atoms with Crippen LogP contribution in [0.25, 0.3) is 11.0 Å². The molecule has 6 heteroatoms. The van der Waals surface area contributed by atoms with Crippen LogP contribution in [0.4, 0.5) is 0 Å². The zero-order chi connectivity index (χ0) is 14.8. The maximum atomic E-state index is 11.5. The molecule has 0 fully saturated rings. The monoisotopic (exact) mass is 295 g/mol. The van der Waals surface area contributed by atoms with Crippen molar-refractivity contribution in [3.05, 3.63) is 30.1 Å². The van der Waals surface area contributed by atoms with Crippen LogP contribution in [0.15, 0.2) is 24.3 Å². The van der Waals surface area contributed by atoms with Gasteiger partial charge < -0.3 is 9.88 Å². The quantitative estimate of drug-likeness (QED) is 0.880. The summed E-state index contributed by atoms with van der Waals surface area (Å²) in [7, 11) is -0.944. The first kappa shape index (κ1) is 15.0. The minimum Gasteiger partial charge on any atom is -0.330 e. The standard InChI is InChI=1S/C14H21N3O2S/c1-4-20(18,19)10-9-15-11(2)14-16-12-7-5-6-8-13(12)17(14)3/h5-8,11,15H,4,9-10H2,1-3H3. The third-order valence-corrected chi connectivity index (χ3v) is 5.22. The molecule has 110 valence electrons. The predicted molar refractivity (Wildman–Crippen MR) is 81.5 cm³/mol. The van der Waals surface area contributed by atoms with E-state index in [0.717, 1.165) is 16.9 Å². The van der Waals surface area contributed by atoms with Crippen molar-refractivity contribution in [2.24, 2.45) is 7.05 Å². The number of sulfone groups is 1. The molecule has 20 heavy (non-hydrogen) atoms. The highest BCUT2D eigenvalue weighted by atomic mass is 32.2. The van der Waals surface area contributed by atoms with E-state index in [9.17, 15) is 8.42 Å². The van der Waals surface area contributed by atoms with Crippen LogP contribution in [0.1, 0.15) is 25.7 Å². The Labute approximate surface area is 119 Å². The van der Waals surface area contributed by atoms with Gasteiger partial charge in [0, 0.05) is 19.3 Å². The van der Waals surface area contributed by atoms with Crippen LogP contribution in [-0.2, 0) is 16.9 Å². The van der Waals surface area contributed by atoms with Crippen LogP contribution in [0.5, 0.6) is 0 Å². The number of aryl methyl sites for hydroxylation is 1. The first-order chi connectivity index (χ1) is 9.44. The number of hydrogen-bond acceptors (Lipinski definition) is 4. The third-order valence-electron chi connectivity index (χ3n) is 3.51. The summed E-state index contributed by atoms with van der Waals surface area (Å²) >= 11 is 0. The molecule has 1 aromatic heterocycles. The number of fused-ring (bicyclic) bond motifs is 1. The minimum absolute atomic E-state index is 0.0134. The van der Waals surface area contributed by atoms with Crippen molar-refractivity contribution in [3.63, 3.8) is 0 Å². The van der Waals surface area contributed by atoms with E-state index >= 15 is 0 Å². The number of nitrogens with one attached hydrogen (secondary N) is 1. The highest BCUT2D eigenvalue weighted by Gasteiger charge is 2.15. The van der Waals surface area contributed by atoms with Crippen LogP contribution >= 0.6 is 0 Å². The lowest BCUT2D eigenvalue weighted by Crippen LogP contribution is -2.27. The fraction of sp³-hybridized carbons (Fsp3) is 0.500. The van der Waals surface area contributed by atoms with Crippen molar-refractivity contribution in [2.45, 2.75) is 19.9 Å². The van der Waals surface area contributed by atoms with Gasteiger partial charge in [0.15, 0.2) is 9.84 Å². The number of benzene rings is 1. The lowest BCUT2D eigenvalue weighted by molar-refractivity contribution is 0.543. The van der Waals surface area contributed by atoms with E-state index in [1.54, 1.807) is 6.92 Å². The predicted octanol–water partition coefficient (Wildman–Crippen LogP) is 1.66. The van der Waals surface area contributed by atoms with Gasteiger partial charge >= 0.3 is 0 Å². The molecule has 0 spiro atoms. The van der Waals surface area contributed by atoms with Gasteiger partial charge in [-0.2, -0.15) is 0 Å². The Morgan fingerprint density at radius 1 is 1.35 bits per heavy atom. The van der Waals surface area contributed by atoms with Gasteiger partial charge in [0.2, 0.25) is 0 Å². The number of aromatic nitrogens is 2. The van der Waals surface area contributed by atoms with Gasteiger partial charge in [0.05, 0.1) is 22.8 Å². The summed E-state index contributed by atoms with van der Waals surface area (Å²) in [5.41, 5.74) is 2.04. The summed E-state index contributed by atoms with van der Waals surface area (Å²) in [5.74, 6) is 1.27. The van der Waals surface area contributed by atoms with Gasteiger partial charge in [-0.25, -0.2) is 13.4 Å². The second kappa shape index (κ2) is 5.93.